The van der Waals surface area contributed by atoms with Gasteiger partial charge in [0.15, 0.2) is 0 Å². The largest absolute Gasteiger partial charge is 0.444 e. The summed E-state index contributed by atoms with van der Waals surface area (Å²) in [4.78, 5) is 26.3. The third kappa shape index (κ3) is 4.07. The van der Waals surface area contributed by atoms with Gasteiger partial charge >= 0.3 is 6.09 Å². The molecule has 2 amide bonds. The third-order valence-corrected chi connectivity index (χ3v) is 3.76. The summed E-state index contributed by atoms with van der Waals surface area (Å²) in [5.41, 5.74) is 0.764. The SMILES string of the molecule is Cn1nc2c(c1NC(=O)C(C)(C)C)CN(C(=O)OC(C)(C)C)CC2. The maximum absolute atomic E-state index is 12.3. The molecule has 0 bridgehead atoms. The van der Waals surface area contributed by atoms with E-state index in [0.717, 1.165) is 11.3 Å². The zero-order valence-corrected chi connectivity index (χ0v) is 15.7. The van der Waals surface area contributed by atoms with Crippen LogP contribution < -0.4 is 5.32 Å². The number of fused-ring (bicyclic) bond motifs is 1. The quantitative estimate of drug-likeness (QED) is 0.855. The van der Waals surface area contributed by atoms with Gasteiger partial charge in [-0.1, -0.05) is 20.8 Å². The molecular formula is C17H28N4O3. The Kier molecular flexibility index (Phi) is 4.65. The Balaban J connectivity index is 2.21. The summed E-state index contributed by atoms with van der Waals surface area (Å²) >= 11 is 0. The highest BCUT2D eigenvalue weighted by Crippen LogP contribution is 2.28. The standard InChI is InChI=1S/C17H28N4O3/c1-16(2,3)14(22)18-13-11-10-21(15(23)24-17(4,5)6)9-8-12(11)19-20(13)7/h8-10H2,1-7H3,(H,18,22). The van der Waals surface area contributed by atoms with E-state index in [0.29, 0.717) is 25.3 Å². The number of carbonyl (C=O) groups is 2. The first-order chi connectivity index (χ1) is 10.9. The first kappa shape index (κ1) is 18.3. The first-order valence-electron chi connectivity index (χ1n) is 8.22. The molecule has 1 aromatic heterocycles. The van der Waals surface area contributed by atoms with Crippen molar-refractivity contribution < 1.29 is 14.3 Å². The van der Waals surface area contributed by atoms with Crippen molar-refractivity contribution in [1.82, 2.24) is 14.7 Å². The van der Waals surface area contributed by atoms with E-state index < -0.39 is 11.0 Å². The molecule has 24 heavy (non-hydrogen) atoms. The van der Waals surface area contributed by atoms with E-state index in [-0.39, 0.29) is 12.0 Å². The van der Waals surface area contributed by atoms with E-state index in [9.17, 15) is 9.59 Å². The fourth-order valence-corrected chi connectivity index (χ4v) is 2.43. The summed E-state index contributed by atoms with van der Waals surface area (Å²) in [5, 5.41) is 7.43. The van der Waals surface area contributed by atoms with Crippen LogP contribution in [0.4, 0.5) is 10.6 Å². The predicted molar refractivity (Wildman–Crippen MR) is 91.6 cm³/mol. The van der Waals surface area contributed by atoms with Gasteiger partial charge in [0, 0.05) is 31.0 Å². The molecular weight excluding hydrogens is 308 g/mol. The van der Waals surface area contributed by atoms with Gasteiger partial charge < -0.3 is 15.0 Å². The average molecular weight is 336 g/mol. The number of hydrogen-bond donors (Lipinski definition) is 1. The Morgan fingerprint density at radius 3 is 2.33 bits per heavy atom. The average Bonchev–Trinajstić information content (AvgIpc) is 2.71. The van der Waals surface area contributed by atoms with Crippen molar-refractivity contribution in [2.24, 2.45) is 12.5 Å². The molecule has 134 valence electrons. The summed E-state index contributed by atoms with van der Waals surface area (Å²) in [5.74, 6) is 0.570. The second-order valence-electron chi connectivity index (χ2n) is 8.25. The van der Waals surface area contributed by atoms with Crippen LogP contribution in [0.25, 0.3) is 0 Å². The molecule has 0 saturated carbocycles. The number of aryl methyl sites for hydroxylation is 1. The molecule has 0 radical (unpaired) electrons. The summed E-state index contributed by atoms with van der Waals surface area (Å²) < 4.78 is 7.12. The van der Waals surface area contributed by atoms with E-state index in [2.05, 4.69) is 10.4 Å². The molecule has 7 nitrogen and oxygen atoms in total. The van der Waals surface area contributed by atoms with Crippen molar-refractivity contribution in [2.45, 2.75) is 60.1 Å². The van der Waals surface area contributed by atoms with Gasteiger partial charge in [0.05, 0.1) is 12.2 Å². The van der Waals surface area contributed by atoms with Crippen LogP contribution >= 0.6 is 0 Å². The van der Waals surface area contributed by atoms with Crippen molar-refractivity contribution in [3.63, 3.8) is 0 Å². The Morgan fingerprint density at radius 2 is 1.79 bits per heavy atom. The van der Waals surface area contributed by atoms with Crippen LogP contribution in [0.15, 0.2) is 0 Å². The fourth-order valence-electron chi connectivity index (χ4n) is 2.43. The number of nitrogens with one attached hydrogen (secondary N) is 1. The van der Waals surface area contributed by atoms with Crippen LogP contribution in [0, 0.1) is 5.41 Å². The summed E-state index contributed by atoms with van der Waals surface area (Å²) in [6, 6.07) is 0. The molecule has 0 saturated heterocycles. The van der Waals surface area contributed by atoms with E-state index in [4.69, 9.17) is 4.74 Å². The topological polar surface area (TPSA) is 76.5 Å². The van der Waals surface area contributed by atoms with Crippen molar-refractivity contribution in [3.05, 3.63) is 11.3 Å². The molecule has 1 aromatic rings. The molecule has 0 atom stereocenters. The predicted octanol–water partition coefficient (Wildman–Crippen LogP) is 2.70. The highest BCUT2D eigenvalue weighted by molar-refractivity contribution is 5.94. The Hall–Kier alpha value is -2.05. The van der Waals surface area contributed by atoms with Crippen molar-refractivity contribution in [2.75, 3.05) is 11.9 Å². The molecule has 1 aliphatic heterocycles. The van der Waals surface area contributed by atoms with Gasteiger partial charge in [0.1, 0.15) is 11.4 Å². The molecule has 2 heterocycles. The molecule has 1 aliphatic rings. The van der Waals surface area contributed by atoms with Gasteiger partial charge in [-0.2, -0.15) is 5.10 Å². The number of anilines is 1. The van der Waals surface area contributed by atoms with Crippen LogP contribution in [-0.2, 0) is 29.5 Å². The lowest BCUT2D eigenvalue weighted by atomic mass is 9.95. The smallest absolute Gasteiger partial charge is 0.410 e. The lowest BCUT2D eigenvalue weighted by molar-refractivity contribution is -0.123. The fraction of sp³-hybridized carbons (Fsp3) is 0.706. The molecule has 0 aliphatic carbocycles. The van der Waals surface area contributed by atoms with E-state index in [1.54, 1.807) is 16.6 Å². The maximum Gasteiger partial charge on any atom is 0.410 e. The maximum atomic E-state index is 12.3. The number of rotatable bonds is 1. The van der Waals surface area contributed by atoms with Crippen molar-refractivity contribution in [3.8, 4) is 0 Å². The minimum absolute atomic E-state index is 0.0808. The zero-order valence-electron chi connectivity index (χ0n) is 15.7. The van der Waals surface area contributed by atoms with Crippen molar-refractivity contribution in [1.29, 1.82) is 0 Å². The molecule has 2 rings (SSSR count). The Morgan fingerprint density at radius 1 is 1.17 bits per heavy atom. The van der Waals surface area contributed by atoms with Crippen molar-refractivity contribution >= 4 is 17.8 Å². The van der Waals surface area contributed by atoms with Crippen LogP contribution in [0.1, 0.15) is 52.8 Å². The highest BCUT2D eigenvalue weighted by Gasteiger charge is 2.31. The molecule has 0 spiro atoms. The van der Waals surface area contributed by atoms with Crippen LogP contribution in [0.5, 0.6) is 0 Å². The van der Waals surface area contributed by atoms with Crippen LogP contribution in [0.3, 0.4) is 0 Å². The second kappa shape index (κ2) is 6.11. The Labute approximate surface area is 143 Å². The number of nitrogens with zero attached hydrogens (tertiary/aromatic N) is 3. The highest BCUT2D eigenvalue weighted by atomic mass is 16.6. The summed E-state index contributed by atoms with van der Waals surface area (Å²) in [6.07, 6.45) is 0.304. The second-order valence-corrected chi connectivity index (χ2v) is 8.25. The number of ether oxygens (including phenoxy) is 1. The first-order valence-corrected chi connectivity index (χ1v) is 8.22. The van der Waals surface area contributed by atoms with E-state index in [1.165, 1.54) is 0 Å². The minimum atomic E-state index is -0.532. The Bertz CT molecular complexity index is 650. The lowest BCUT2D eigenvalue weighted by Crippen LogP contribution is -2.40. The molecule has 0 fully saturated rings. The summed E-state index contributed by atoms with van der Waals surface area (Å²) in [7, 11) is 1.80. The van der Waals surface area contributed by atoms with Gasteiger partial charge in [-0.15, -0.1) is 0 Å². The normalized spacial score (nSPS) is 15.0. The molecule has 7 heteroatoms. The number of aromatic nitrogens is 2. The lowest BCUT2D eigenvalue weighted by Gasteiger charge is -2.30. The molecule has 0 aromatic carbocycles. The number of hydrogen-bond acceptors (Lipinski definition) is 4. The number of amides is 2. The van der Waals surface area contributed by atoms with Gasteiger partial charge in [-0.25, -0.2) is 4.79 Å². The van der Waals surface area contributed by atoms with Gasteiger partial charge in [0.2, 0.25) is 5.91 Å². The minimum Gasteiger partial charge on any atom is -0.444 e. The number of carbonyl (C=O) groups excluding carboxylic acids is 2. The third-order valence-electron chi connectivity index (χ3n) is 3.76. The van der Waals surface area contributed by atoms with Crippen LogP contribution in [-0.4, -0.2) is 38.8 Å². The molecule has 0 unspecified atom stereocenters. The van der Waals surface area contributed by atoms with Gasteiger partial charge in [-0.3, -0.25) is 9.48 Å². The van der Waals surface area contributed by atoms with E-state index in [1.807, 2.05) is 41.5 Å². The monoisotopic (exact) mass is 336 g/mol. The van der Waals surface area contributed by atoms with Gasteiger partial charge in [-0.05, 0) is 20.8 Å². The molecule has 1 N–H and O–H groups in total. The van der Waals surface area contributed by atoms with Crippen LogP contribution in [0.2, 0.25) is 0 Å². The van der Waals surface area contributed by atoms with E-state index >= 15 is 0 Å². The van der Waals surface area contributed by atoms with Gasteiger partial charge in [0.25, 0.3) is 0 Å². The zero-order chi connectivity index (χ0) is 18.3. The summed E-state index contributed by atoms with van der Waals surface area (Å²) in [6.45, 7) is 12.1.